The van der Waals surface area contributed by atoms with Gasteiger partial charge in [0.1, 0.15) is 0 Å². The van der Waals surface area contributed by atoms with Crippen molar-refractivity contribution >= 4 is 11.8 Å². The minimum absolute atomic E-state index is 0.477. The molecule has 1 aromatic rings. The third-order valence-electron chi connectivity index (χ3n) is 4.55. The maximum Gasteiger partial charge on any atom is 0.00748 e. The van der Waals surface area contributed by atoms with Crippen molar-refractivity contribution in [1.82, 2.24) is 0 Å². The van der Waals surface area contributed by atoms with E-state index in [2.05, 4.69) is 18.2 Å². The third-order valence-corrected chi connectivity index (χ3v) is 5.57. The summed E-state index contributed by atoms with van der Waals surface area (Å²) in [6.07, 6.45) is 9.16. The highest BCUT2D eigenvalue weighted by Crippen LogP contribution is 2.31. The van der Waals surface area contributed by atoms with E-state index in [4.69, 9.17) is 5.73 Å². The van der Waals surface area contributed by atoms with E-state index in [1.54, 1.807) is 11.1 Å². The zero-order valence-corrected chi connectivity index (χ0v) is 11.8. The average molecular weight is 261 g/mol. The van der Waals surface area contributed by atoms with Gasteiger partial charge < -0.3 is 5.73 Å². The van der Waals surface area contributed by atoms with Crippen LogP contribution in [0.4, 0.5) is 0 Å². The molecule has 0 aliphatic heterocycles. The number of nitrogens with two attached hydrogens (primary N) is 1. The van der Waals surface area contributed by atoms with Crippen molar-refractivity contribution in [2.75, 3.05) is 5.75 Å². The summed E-state index contributed by atoms with van der Waals surface area (Å²) in [6.45, 7) is 0. The fourth-order valence-corrected chi connectivity index (χ4v) is 4.44. The van der Waals surface area contributed by atoms with E-state index in [0.717, 1.165) is 5.92 Å². The molecule has 0 heterocycles. The quantitative estimate of drug-likeness (QED) is 0.835. The van der Waals surface area contributed by atoms with Gasteiger partial charge in [0, 0.05) is 10.9 Å². The Labute approximate surface area is 115 Å². The molecule has 0 bridgehead atoms. The Kier molecular flexibility index (Phi) is 3.95. The van der Waals surface area contributed by atoms with Crippen LogP contribution in [0.1, 0.15) is 43.2 Å². The highest BCUT2D eigenvalue weighted by molar-refractivity contribution is 7.99. The lowest BCUT2D eigenvalue weighted by molar-refractivity contribution is 0.470. The number of hydrogen-bond donors (Lipinski definition) is 1. The lowest BCUT2D eigenvalue weighted by Gasteiger charge is -2.14. The van der Waals surface area contributed by atoms with Crippen LogP contribution in [0, 0.1) is 5.92 Å². The summed E-state index contributed by atoms with van der Waals surface area (Å²) in [5.41, 5.74) is 9.30. The molecule has 18 heavy (non-hydrogen) atoms. The summed E-state index contributed by atoms with van der Waals surface area (Å²) in [5, 5.41) is 0. The van der Waals surface area contributed by atoms with Gasteiger partial charge in [0.15, 0.2) is 0 Å². The van der Waals surface area contributed by atoms with Gasteiger partial charge in [0.25, 0.3) is 0 Å². The van der Waals surface area contributed by atoms with E-state index >= 15 is 0 Å². The normalized spacial score (nSPS) is 26.5. The molecule has 98 valence electrons. The first-order chi connectivity index (χ1) is 8.83. The van der Waals surface area contributed by atoms with Gasteiger partial charge in [-0.25, -0.2) is 0 Å². The van der Waals surface area contributed by atoms with Gasteiger partial charge >= 0.3 is 0 Å². The Balaban J connectivity index is 1.51. The number of hydrogen-bond acceptors (Lipinski definition) is 2. The Morgan fingerprint density at radius 1 is 1.11 bits per heavy atom. The van der Waals surface area contributed by atoms with E-state index in [0.29, 0.717) is 6.04 Å². The van der Waals surface area contributed by atoms with Gasteiger partial charge in [0.2, 0.25) is 0 Å². The van der Waals surface area contributed by atoms with E-state index in [-0.39, 0.29) is 0 Å². The number of thioether (sulfide) groups is 1. The molecule has 1 saturated carbocycles. The standard InChI is InChI=1S/C16H23NS/c17-16-6-2-4-13(16)9-10-18-15-8-7-12-3-1-5-14(12)11-15/h7-8,11,13,16H,1-6,9-10,17H2. The van der Waals surface area contributed by atoms with Crippen LogP contribution >= 0.6 is 11.8 Å². The SMILES string of the molecule is NC1CCCC1CCSc1ccc2c(c1)CCC2. The lowest BCUT2D eigenvalue weighted by atomic mass is 10.0. The third kappa shape index (κ3) is 2.75. The minimum Gasteiger partial charge on any atom is -0.327 e. The van der Waals surface area contributed by atoms with Crippen LogP contribution in [0.5, 0.6) is 0 Å². The summed E-state index contributed by atoms with van der Waals surface area (Å²) in [5.74, 6) is 2.02. The fourth-order valence-electron chi connectivity index (χ4n) is 3.39. The summed E-state index contributed by atoms with van der Waals surface area (Å²) in [6, 6.07) is 7.54. The van der Waals surface area contributed by atoms with E-state index in [1.807, 2.05) is 11.8 Å². The van der Waals surface area contributed by atoms with Crippen molar-refractivity contribution in [3.8, 4) is 0 Å². The molecule has 1 aromatic carbocycles. The summed E-state index contributed by atoms with van der Waals surface area (Å²) >= 11 is 2.02. The first-order valence-electron chi connectivity index (χ1n) is 7.33. The summed E-state index contributed by atoms with van der Waals surface area (Å²) in [7, 11) is 0. The zero-order chi connectivity index (χ0) is 12.4. The molecule has 0 amide bonds. The monoisotopic (exact) mass is 261 g/mol. The molecule has 0 saturated heterocycles. The minimum atomic E-state index is 0.477. The van der Waals surface area contributed by atoms with Crippen molar-refractivity contribution < 1.29 is 0 Å². The predicted octanol–water partition coefficient (Wildman–Crippen LogP) is 3.78. The van der Waals surface area contributed by atoms with Crippen LogP contribution in [0.15, 0.2) is 23.1 Å². The molecule has 2 aliphatic rings. The molecule has 2 unspecified atom stereocenters. The second-order valence-electron chi connectivity index (χ2n) is 5.78. The highest BCUT2D eigenvalue weighted by Gasteiger charge is 2.23. The van der Waals surface area contributed by atoms with Crippen LogP contribution in [-0.4, -0.2) is 11.8 Å². The van der Waals surface area contributed by atoms with Gasteiger partial charge in [-0.1, -0.05) is 12.5 Å². The smallest absolute Gasteiger partial charge is 0.00748 e. The zero-order valence-electron chi connectivity index (χ0n) is 11.0. The van der Waals surface area contributed by atoms with E-state index < -0.39 is 0 Å². The summed E-state index contributed by atoms with van der Waals surface area (Å²) in [4.78, 5) is 1.46. The first-order valence-corrected chi connectivity index (χ1v) is 8.31. The van der Waals surface area contributed by atoms with Crippen LogP contribution in [-0.2, 0) is 12.8 Å². The van der Waals surface area contributed by atoms with E-state index in [1.165, 1.54) is 55.6 Å². The van der Waals surface area contributed by atoms with E-state index in [9.17, 15) is 0 Å². The molecule has 0 spiro atoms. The summed E-state index contributed by atoms with van der Waals surface area (Å²) < 4.78 is 0. The van der Waals surface area contributed by atoms with Gasteiger partial charge in [-0.15, -0.1) is 11.8 Å². The number of benzene rings is 1. The van der Waals surface area contributed by atoms with Crippen LogP contribution in [0.3, 0.4) is 0 Å². The van der Waals surface area contributed by atoms with Crippen molar-refractivity contribution in [1.29, 1.82) is 0 Å². The maximum absolute atomic E-state index is 6.12. The number of aryl methyl sites for hydroxylation is 2. The molecule has 2 aliphatic carbocycles. The van der Waals surface area contributed by atoms with Crippen LogP contribution in [0.2, 0.25) is 0 Å². The average Bonchev–Trinajstić information content (AvgIpc) is 2.98. The molecule has 3 rings (SSSR count). The van der Waals surface area contributed by atoms with Crippen molar-refractivity contribution in [2.24, 2.45) is 11.7 Å². The molecule has 0 radical (unpaired) electrons. The molecule has 1 fully saturated rings. The molecule has 2 atom stereocenters. The molecule has 1 nitrogen and oxygen atoms in total. The van der Waals surface area contributed by atoms with Gasteiger partial charge in [-0.05, 0) is 73.5 Å². The largest absolute Gasteiger partial charge is 0.327 e. The molecule has 0 aromatic heterocycles. The number of rotatable bonds is 4. The van der Waals surface area contributed by atoms with Gasteiger partial charge in [-0.3, -0.25) is 0 Å². The predicted molar refractivity (Wildman–Crippen MR) is 79.1 cm³/mol. The molecular weight excluding hydrogens is 238 g/mol. The van der Waals surface area contributed by atoms with Crippen LogP contribution < -0.4 is 5.73 Å². The Bertz CT molecular complexity index is 416. The van der Waals surface area contributed by atoms with Crippen molar-refractivity contribution in [3.05, 3.63) is 29.3 Å². The second-order valence-corrected chi connectivity index (χ2v) is 6.94. The lowest BCUT2D eigenvalue weighted by Crippen LogP contribution is -2.24. The molecule has 2 N–H and O–H groups in total. The fraction of sp³-hybridized carbons (Fsp3) is 0.625. The Hall–Kier alpha value is -0.470. The first kappa shape index (κ1) is 12.6. The van der Waals surface area contributed by atoms with Crippen molar-refractivity contribution in [3.63, 3.8) is 0 Å². The van der Waals surface area contributed by atoms with Crippen LogP contribution in [0.25, 0.3) is 0 Å². The maximum atomic E-state index is 6.12. The second kappa shape index (κ2) is 5.66. The van der Waals surface area contributed by atoms with Gasteiger partial charge in [0.05, 0.1) is 0 Å². The molecular formula is C16H23NS. The molecule has 2 heteroatoms. The Morgan fingerprint density at radius 2 is 2.00 bits per heavy atom. The highest BCUT2D eigenvalue weighted by atomic mass is 32.2. The topological polar surface area (TPSA) is 26.0 Å². The number of fused-ring (bicyclic) bond motifs is 1. The van der Waals surface area contributed by atoms with Gasteiger partial charge in [-0.2, -0.15) is 0 Å². The van der Waals surface area contributed by atoms with Crippen molar-refractivity contribution in [2.45, 2.75) is 55.9 Å². The Morgan fingerprint density at radius 3 is 2.83 bits per heavy atom.